The summed E-state index contributed by atoms with van der Waals surface area (Å²) in [6, 6.07) is 8.07. The smallest absolute Gasteiger partial charge is 0.159 e. The molecule has 1 aromatic heterocycles. The Balaban J connectivity index is 2.24. The Hall–Kier alpha value is -1.45. The summed E-state index contributed by atoms with van der Waals surface area (Å²) in [6.45, 7) is 0.663. The number of halogens is 1. The van der Waals surface area contributed by atoms with Crippen molar-refractivity contribution in [1.82, 2.24) is 9.97 Å². The van der Waals surface area contributed by atoms with Gasteiger partial charge in [-0.05, 0) is 18.5 Å². The van der Waals surface area contributed by atoms with Crippen molar-refractivity contribution >= 4 is 11.6 Å². The van der Waals surface area contributed by atoms with E-state index >= 15 is 0 Å². The van der Waals surface area contributed by atoms with Crippen molar-refractivity contribution in [2.45, 2.75) is 6.42 Å². The van der Waals surface area contributed by atoms with Crippen molar-refractivity contribution in [3.63, 3.8) is 0 Å². The molecule has 0 amide bonds. The Labute approximate surface area is 99.3 Å². The zero-order valence-corrected chi connectivity index (χ0v) is 9.48. The van der Waals surface area contributed by atoms with Gasteiger partial charge in [-0.1, -0.05) is 35.9 Å². The highest BCUT2D eigenvalue weighted by Gasteiger charge is 2.00. The molecule has 0 saturated carbocycles. The lowest BCUT2D eigenvalue weighted by Gasteiger charge is -2.02. The molecule has 0 unspecified atom stereocenters. The summed E-state index contributed by atoms with van der Waals surface area (Å²) in [5.41, 5.74) is 7.69. The second-order valence-corrected chi connectivity index (χ2v) is 3.90. The third-order valence-electron chi connectivity index (χ3n) is 2.27. The molecule has 82 valence electrons. The summed E-state index contributed by atoms with van der Waals surface area (Å²) in [4.78, 5) is 8.31. The third-order valence-corrected chi connectivity index (χ3v) is 2.46. The Morgan fingerprint density at radius 2 is 1.69 bits per heavy atom. The maximum Gasteiger partial charge on any atom is 0.159 e. The van der Waals surface area contributed by atoms with E-state index in [1.165, 1.54) is 5.56 Å². The first-order valence-electron chi connectivity index (χ1n) is 5.06. The van der Waals surface area contributed by atoms with Crippen molar-refractivity contribution in [2.75, 3.05) is 6.54 Å². The summed E-state index contributed by atoms with van der Waals surface area (Å²) in [7, 11) is 0. The lowest BCUT2D eigenvalue weighted by molar-refractivity contribution is 0.969. The first kappa shape index (κ1) is 11.0. The van der Waals surface area contributed by atoms with Crippen LogP contribution in [-0.4, -0.2) is 16.5 Å². The van der Waals surface area contributed by atoms with Gasteiger partial charge in [0.05, 0.1) is 5.02 Å². The Bertz CT molecular complexity index is 451. The van der Waals surface area contributed by atoms with Crippen LogP contribution in [0.2, 0.25) is 5.02 Å². The van der Waals surface area contributed by atoms with Crippen LogP contribution in [0, 0.1) is 0 Å². The first-order valence-corrected chi connectivity index (χ1v) is 5.44. The SMILES string of the molecule is NCCc1ccc(-c2ncc(Cl)cn2)cc1. The summed E-state index contributed by atoms with van der Waals surface area (Å²) < 4.78 is 0. The quantitative estimate of drug-likeness (QED) is 0.885. The minimum absolute atomic E-state index is 0.545. The molecule has 0 aliphatic heterocycles. The van der Waals surface area contributed by atoms with E-state index in [0.717, 1.165) is 12.0 Å². The molecule has 2 rings (SSSR count). The van der Waals surface area contributed by atoms with Gasteiger partial charge in [0.25, 0.3) is 0 Å². The van der Waals surface area contributed by atoms with E-state index in [1.54, 1.807) is 12.4 Å². The molecule has 16 heavy (non-hydrogen) atoms. The lowest BCUT2D eigenvalue weighted by Crippen LogP contribution is -2.02. The first-order chi connectivity index (χ1) is 7.79. The Kier molecular flexibility index (Phi) is 3.49. The third kappa shape index (κ3) is 2.56. The van der Waals surface area contributed by atoms with Crippen LogP contribution in [-0.2, 0) is 6.42 Å². The van der Waals surface area contributed by atoms with Crippen LogP contribution >= 0.6 is 11.6 Å². The van der Waals surface area contributed by atoms with Gasteiger partial charge in [0, 0.05) is 18.0 Å². The van der Waals surface area contributed by atoms with E-state index in [4.69, 9.17) is 17.3 Å². The number of nitrogens with zero attached hydrogens (tertiary/aromatic N) is 2. The van der Waals surface area contributed by atoms with Gasteiger partial charge in [-0.3, -0.25) is 0 Å². The van der Waals surface area contributed by atoms with Crippen molar-refractivity contribution in [1.29, 1.82) is 0 Å². The van der Waals surface area contributed by atoms with Gasteiger partial charge < -0.3 is 5.73 Å². The minimum Gasteiger partial charge on any atom is -0.330 e. The molecule has 0 saturated heterocycles. The zero-order chi connectivity index (χ0) is 11.4. The number of benzene rings is 1. The van der Waals surface area contributed by atoms with E-state index < -0.39 is 0 Å². The van der Waals surface area contributed by atoms with Crippen LogP contribution in [0.4, 0.5) is 0 Å². The molecule has 1 heterocycles. The fraction of sp³-hybridized carbons (Fsp3) is 0.167. The van der Waals surface area contributed by atoms with Crippen LogP contribution in [0.25, 0.3) is 11.4 Å². The van der Waals surface area contributed by atoms with Crippen LogP contribution in [0.5, 0.6) is 0 Å². The normalized spacial score (nSPS) is 10.4. The summed E-state index contributed by atoms with van der Waals surface area (Å²) in [5.74, 6) is 0.684. The molecule has 0 aliphatic carbocycles. The molecular weight excluding hydrogens is 222 g/mol. The summed E-state index contributed by atoms with van der Waals surface area (Å²) >= 11 is 5.73. The monoisotopic (exact) mass is 233 g/mol. The maximum absolute atomic E-state index is 5.73. The molecule has 4 heteroatoms. The molecule has 0 radical (unpaired) electrons. The fourth-order valence-electron chi connectivity index (χ4n) is 1.45. The van der Waals surface area contributed by atoms with Crippen LogP contribution in [0.3, 0.4) is 0 Å². The Morgan fingerprint density at radius 1 is 1.06 bits per heavy atom. The van der Waals surface area contributed by atoms with Gasteiger partial charge in [-0.2, -0.15) is 0 Å². The molecule has 0 atom stereocenters. The van der Waals surface area contributed by atoms with Gasteiger partial charge in [-0.15, -0.1) is 0 Å². The number of aromatic nitrogens is 2. The Morgan fingerprint density at radius 3 is 2.25 bits per heavy atom. The molecular formula is C12H12ClN3. The number of rotatable bonds is 3. The molecule has 1 aromatic carbocycles. The maximum atomic E-state index is 5.73. The predicted octanol–water partition coefficient (Wildman–Crippen LogP) is 2.30. The average molecular weight is 234 g/mol. The zero-order valence-electron chi connectivity index (χ0n) is 8.73. The fourth-order valence-corrected chi connectivity index (χ4v) is 1.55. The van der Waals surface area contributed by atoms with E-state index in [2.05, 4.69) is 9.97 Å². The highest BCUT2D eigenvalue weighted by Crippen LogP contribution is 2.16. The number of hydrogen-bond donors (Lipinski definition) is 1. The molecule has 2 N–H and O–H groups in total. The second kappa shape index (κ2) is 5.05. The van der Waals surface area contributed by atoms with Gasteiger partial charge in [0.1, 0.15) is 0 Å². The standard InChI is InChI=1S/C12H12ClN3/c13-11-7-15-12(16-8-11)10-3-1-9(2-4-10)5-6-14/h1-4,7-8H,5-6,14H2. The van der Waals surface area contributed by atoms with Crippen molar-refractivity contribution < 1.29 is 0 Å². The van der Waals surface area contributed by atoms with Gasteiger partial charge in [-0.25, -0.2) is 9.97 Å². The van der Waals surface area contributed by atoms with E-state index in [-0.39, 0.29) is 0 Å². The molecule has 0 bridgehead atoms. The summed E-state index contributed by atoms with van der Waals surface area (Å²) in [5, 5.41) is 0.545. The topological polar surface area (TPSA) is 51.8 Å². The number of nitrogens with two attached hydrogens (primary N) is 1. The van der Waals surface area contributed by atoms with Crippen molar-refractivity contribution in [2.24, 2.45) is 5.73 Å². The highest BCUT2D eigenvalue weighted by atomic mass is 35.5. The van der Waals surface area contributed by atoms with Crippen molar-refractivity contribution in [3.8, 4) is 11.4 Å². The van der Waals surface area contributed by atoms with Gasteiger partial charge >= 0.3 is 0 Å². The van der Waals surface area contributed by atoms with E-state index in [0.29, 0.717) is 17.4 Å². The van der Waals surface area contributed by atoms with Crippen LogP contribution < -0.4 is 5.73 Å². The molecule has 0 spiro atoms. The molecule has 0 fully saturated rings. The minimum atomic E-state index is 0.545. The number of hydrogen-bond acceptors (Lipinski definition) is 3. The second-order valence-electron chi connectivity index (χ2n) is 3.46. The molecule has 3 nitrogen and oxygen atoms in total. The van der Waals surface area contributed by atoms with Crippen LogP contribution in [0.15, 0.2) is 36.7 Å². The lowest BCUT2D eigenvalue weighted by atomic mass is 10.1. The van der Waals surface area contributed by atoms with Gasteiger partial charge in [0.2, 0.25) is 0 Å². The summed E-state index contributed by atoms with van der Waals surface area (Å²) in [6.07, 6.45) is 4.08. The largest absolute Gasteiger partial charge is 0.330 e. The van der Waals surface area contributed by atoms with Gasteiger partial charge in [0.15, 0.2) is 5.82 Å². The highest BCUT2D eigenvalue weighted by molar-refractivity contribution is 6.30. The van der Waals surface area contributed by atoms with Crippen LogP contribution in [0.1, 0.15) is 5.56 Å². The molecule has 2 aromatic rings. The van der Waals surface area contributed by atoms with E-state index in [1.807, 2.05) is 24.3 Å². The van der Waals surface area contributed by atoms with E-state index in [9.17, 15) is 0 Å². The van der Waals surface area contributed by atoms with Crippen molar-refractivity contribution in [3.05, 3.63) is 47.2 Å². The predicted molar refractivity (Wildman–Crippen MR) is 65.2 cm³/mol. The average Bonchev–Trinajstić information content (AvgIpc) is 2.32. The molecule has 0 aliphatic rings.